The summed E-state index contributed by atoms with van der Waals surface area (Å²) in [6, 6.07) is 0. The molecule has 0 aromatic rings. The van der Waals surface area contributed by atoms with Crippen LogP contribution in [0.4, 0.5) is 0 Å². The summed E-state index contributed by atoms with van der Waals surface area (Å²) < 4.78 is 10.8. The second-order valence-electron chi connectivity index (χ2n) is 2.31. The summed E-state index contributed by atoms with van der Waals surface area (Å²) in [5.74, 6) is 0. The van der Waals surface area contributed by atoms with Crippen LogP contribution in [0.2, 0.25) is 0 Å². The van der Waals surface area contributed by atoms with Gasteiger partial charge < -0.3 is 9.79 Å². The van der Waals surface area contributed by atoms with Gasteiger partial charge in [0.15, 0.2) is 5.45 Å². The molecule has 0 fully saturated rings. The highest BCUT2D eigenvalue weighted by molar-refractivity contribution is 7.73. The molecule has 0 bridgehead atoms. The van der Waals surface area contributed by atoms with E-state index in [1.165, 1.54) is 12.2 Å². The molecule has 0 saturated carbocycles. The lowest BCUT2D eigenvalue weighted by Crippen LogP contribution is -2.02. The van der Waals surface area contributed by atoms with Crippen molar-refractivity contribution in [3.05, 3.63) is 25.3 Å². The van der Waals surface area contributed by atoms with Crippen molar-refractivity contribution in [2.75, 3.05) is 13.1 Å². The van der Waals surface area contributed by atoms with Crippen LogP contribution < -0.4 is 0 Å². The van der Waals surface area contributed by atoms with Crippen LogP contribution in [-0.4, -0.2) is 34.5 Å². The number of nitrogens with zero attached hydrogens (tertiary/aromatic N) is 2. The average Bonchev–Trinajstić information content (AvgIpc) is 2.09. The first-order valence-corrected chi connectivity index (χ1v) is 5.45. The summed E-state index contributed by atoms with van der Waals surface area (Å²) in [7, 11) is -4.33. The van der Waals surface area contributed by atoms with Gasteiger partial charge in [-0.15, -0.1) is 13.2 Å². The molecule has 0 radical (unpaired) electrons. The maximum Gasteiger partial charge on any atom is 0.375 e. The zero-order valence-electron chi connectivity index (χ0n) is 7.70. The molecule has 0 aliphatic carbocycles. The molecule has 0 heterocycles. The molecule has 0 spiro atoms. The fraction of sp³-hybridized carbons (Fsp3) is 0.250. The van der Waals surface area contributed by atoms with E-state index in [0.717, 1.165) is 6.21 Å². The van der Waals surface area contributed by atoms with E-state index in [-0.39, 0.29) is 12.0 Å². The minimum Gasteiger partial charge on any atom is -0.320 e. The lowest BCUT2D eigenvalue weighted by atomic mass is 10.6. The Morgan fingerprint density at radius 1 is 1.29 bits per heavy atom. The molecule has 0 aromatic heterocycles. The third kappa shape index (κ3) is 5.59. The van der Waals surface area contributed by atoms with Gasteiger partial charge in [-0.1, -0.05) is 12.2 Å². The van der Waals surface area contributed by atoms with E-state index in [1.807, 2.05) is 0 Å². The topological polar surface area (TPSA) is 82.2 Å². The molecule has 0 aliphatic heterocycles. The molecule has 0 atom stereocenters. The molecule has 0 rings (SSSR count). The van der Waals surface area contributed by atoms with Crippen molar-refractivity contribution in [1.29, 1.82) is 0 Å². The number of hydrogen-bond donors (Lipinski definition) is 2. The molecule has 0 aliphatic rings. The van der Waals surface area contributed by atoms with Crippen molar-refractivity contribution < 1.29 is 14.4 Å². The molecule has 0 amide bonds. The molecule has 0 saturated heterocycles. The summed E-state index contributed by atoms with van der Waals surface area (Å²) in [5.41, 5.74) is -0.334. The minimum atomic E-state index is -4.33. The van der Waals surface area contributed by atoms with Gasteiger partial charge in [0.1, 0.15) is 0 Å². The Balaban J connectivity index is 4.65. The molecule has 5 nitrogen and oxygen atoms in total. The van der Waals surface area contributed by atoms with Gasteiger partial charge in [0, 0.05) is 0 Å². The molecule has 78 valence electrons. The van der Waals surface area contributed by atoms with Gasteiger partial charge >= 0.3 is 7.60 Å². The Morgan fingerprint density at radius 3 is 2.29 bits per heavy atom. The van der Waals surface area contributed by atoms with Crippen molar-refractivity contribution in [2.24, 2.45) is 9.98 Å². The second-order valence-corrected chi connectivity index (χ2v) is 3.86. The maximum absolute atomic E-state index is 10.8. The van der Waals surface area contributed by atoms with Crippen molar-refractivity contribution in [2.45, 2.75) is 0 Å². The fourth-order valence-corrected chi connectivity index (χ4v) is 1.07. The van der Waals surface area contributed by atoms with Gasteiger partial charge in [-0.25, -0.2) is 0 Å². The third-order valence-electron chi connectivity index (χ3n) is 1.12. The Bertz CT molecular complexity index is 304. The van der Waals surface area contributed by atoms with Crippen LogP contribution in [0, 0.1) is 0 Å². The predicted octanol–water partition coefficient (Wildman–Crippen LogP) is 1.01. The highest BCUT2D eigenvalue weighted by atomic mass is 31.2. The Kier molecular flexibility index (Phi) is 5.95. The van der Waals surface area contributed by atoms with Crippen LogP contribution in [0.5, 0.6) is 0 Å². The van der Waals surface area contributed by atoms with E-state index >= 15 is 0 Å². The minimum absolute atomic E-state index is 0.153. The zero-order valence-corrected chi connectivity index (χ0v) is 8.60. The highest BCUT2D eigenvalue weighted by Crippen LogP contribution is 2.35. The van der Waals surface area contributed by atoms with E-state index in [0.29, 0.717) is 6.54 Å². The van der Waals surface area contributed by atoms with Gasteiger partial charge in [0.2, 0.25) is 0 Å². The Morgan fingerprint density at radius 2 is 1.86 bits per heavy atom. The predicted molar refractivity (Wildman–Crippen MR) is 58.1 cm³/mol. The van der Waals surface area contributed by atoms with Crippen LogP contribution in [-0.2, 0) is 4.57 Å². The van der Waals surface area contributed by atoms with Gasteiger partial charge in [0.05, 0.1) is 19.3 Å². The first-order chi connectivity index (χ1) is 6.52. The SMILES string of the molecule is C=CCN=CC(=NCC=C)P(=O)(O)O. The van der Waals surface area contributed by atoms with Gasteiger partial charge in [-0.3, -0.25) is 14.5 Å². The van der Waals surface area contributed by atoms with Gasteiger partial charge in [0.25, 0.3) is 0 Å². The average molecular weight is 216 g/mol. The van der Waals surface area contributed by atoms with Crippen LogP contribution >= 0.6 is 7.60 Å². The number of aliphatic imine (C=N–C) groups is 2. The molecular weight excluding hydrogens is 203 g/mol. The van der Waals surface area contributed by atoms with Crippen LogP contribution in [0.15, 0.2) is 35.3 Å². The smallest absolute Gasteiger partial charge is 0.320 e. The third-order valence-corrected chi connectivity index (χ3v) is 1.98. The molecule has 0 unspecified atom stereocenters. The standard InChI is InChI=1S/C8H13N2O3P/c1-3-5-9-7-8(10-6-4-2)14(11,12)13/h3-4,7H,1-2,5-6H2,(H2,11,12,13). The molecule has 0 aromatic carbocycles. The van der Waals surface area contributed by atoms with Crippen LogP contribution in [0.25, 0.3) is 0 Å². The van der Waals surface area contributed by atoms with Gasteiger partial charge in [-0.2, -0.15) is 0 Å². The van der Waals surface area contributed by atoms with Crippen molar-refractivity contribution >= 4 is 19.3 Å². The van der Waals surface area contributed by atoms with Crippen molar-refractivity contribution in [1.82, 2.24) is 0 Å². The first-order valence-electron chi connectivity index (χ1n) is 3.84. The maximum atomic E-state index is 10.8. The zero-order chi connectivity index (χ0) is 11.0. The summed E-state index contributed by atoms with van der Waals surface area (Å²) in [5, 5.41) is 0. The van der Waals surface area contributed by atoms with Crippen LogP contribution in [0.1, 0.15) is 0 Å². The molecule has 14 heavy (non-hydrogen) atoms. The Labute approximate surface area is 82.8 Å². The quantitative estimate of drug-likeness (QED) is 0.395. The highest BCUT2D eigenvalue weighted by Gasteiger charge is 2.20. The number of rotatable bonds is 6. The first kappa shape index (κ1) is 13.0. The largest absolute Gasteiger partial charge is 0.375 e. The fourth-order valence-electron chi connectivity index (χ4n) is 0.575. The summed E-state index contributed by atoms with van der Waals surface area (Å²) >= 11 is 0. The summed E-state index contributed by atoms with van der Waals surface area (Å²) in [6.45, 7) is 7.26. The Hall–Kier alpha value is -1.03. The van der Waals surface area contributed by atoms with Crippen molar-refractivity contribution in [3.63, 3.8) is 0 Å². The second kappa shape index (κ2) is 6.43. The van der Waals surface area contributed by atoms with E-state index in [4.69, 9.17) is 9.79 Å². The number of hydrogen-bond acceptors (Lipinski definition) is 3. The summed E-state index contributed by atoms with van der Waals surface area (Å²) in [6.07, 6.45) is 4.02. The summed E-state index contributed by atoms with van der Waals surface area (Å²) in [4.78, 5) is 25.0. The lowest BCUT2D eigenvalue weighted by Gasteiger charge is -2.01. The van der Waals surface area contributed by atoms with E-state index in [1.54, 1.807) is 0 Å². The molecule has 6 heteroatoms. The van der Waals surface area contributed by atoms with Crippen molar-refractivity contribution in [3.8, 4) is 0 Å². The lowest BCUT2D eigenvalue weighted by molar-refractivity contribution is 0.391. The van der Waals surface area contributed by atoms with E-state index in [2.05, 4.69) is 23.1 Å². The monoisotopic (exact) mass is 216 g/mol. The van der Waals surface area contributed by atoms with E-state index in [9.17, 15) is 4.57 Å². The normalized spacial score (nSPS) is 13.1. The molecular formula is C8H13N2O3P. The van der Waals surface area contributed by atoms with Crippen LogP contribution in [0.3, 0.4) is 0 Å². The van der Waals surface area contributed by atoms with E-state index < -0.39 is 7.60 Å². The molecule has 2 N–H and O–H groups in total. The van der Waals surface area contributed by atoms with Gasteiger partial charge in [-0.05, 0) is 0 Å².